The van der Waals surface area contributed by atoms with Crippen LogP contribution in [0.2, 0.25) is 0 Å². The predicted molar refractivity (Wildman–Crippen MR) is 108 cm³/mol. The van der Waals surface area contributed by atoms with Crippen molar-refractivity contribution in [3.05, 3.63) is 35.4 Å². The molecule has 0 radical (unpaired) electrons. The van der Waals surface area contributed by atoms with Crippen LogP contribution in [0.25, 0.3) is 0 Å². The van der Waals surface area contributed by atoms with Crippen molar-refractivity contribution in [3.63, 3.8) is 0 Å². The maximum absolute atomic E-state index is 5.99. The zero-order chi connectivity index (χ0) is 18.5. The molecular weight excluding hydrogens is 334 g/mol. The molecule has 25 heavy (non-hydrogen) atoms. The van der Waals surface area contributed by atoms with Crippen molar-refractivity contribution in [1.82, 2.24) is 0 Å². The van der Waals surface area contributed by atoms with E-state index in [1.165, 1.54) is 0 Å². The third-order valence-corrected chi connectivity index (χ3v) is 4.70. The Kier molecular flexibility index (Phi) is 10.9. The maximum atomic E-state index is 5.99. The molecular formula is C20H31NO3S. The molecule has 4 nitrogen and oxygen atoms in total. The van der Waals surface area contributed by atoms with E-state index in [1.54, 1.807) is 7.11 Å². The second kappa shape index (κ2) is 12.7. The minimum atomic E-state index is 0.599. The summed E-state index contributed by atoms with van der Waals surface area (Å²) in [7, 11) is 1.58. The Morgan fingerprint density at radius 2 is 1.88 bits per heavy atom. The molecule has 0 bridgehead atoms. The van der Waals surface area contributed by atoms with Crippen molar-refractivity contribution in [2.45, 2.75) is 40.5 Å². The second-order valence-corrected chi connectivity index (χ2v) is 6.99. The van der Waals surface area contributed by atoms with E-state index in [2.05, 4.69) is 19.0 Å². The molecule has 0 fully saturated rings. The van der Waals surface area contributed by atoms with E-state index in [4.69, 9.17) is 14.3 Å². The summed E-state index contributed by atoms with van der Waals surface area (Å²) in [5.41, 5.74) is 3.26. The SMILES string of the molecule is C/C=C/COc1cc(C)c(OCCCCSC/C(C)=N/OC)c(C)c1. The van der Waals surface area contributed by atoms with E-state index in [-0.39, 0.29) is 0 Å². The third-order valence-electron chi connectivity index (χ3n) is 3.50. The summed E-state index contributed by atoms with van der Waals surface area (Å²) in [5, 5.41) is 3.91. The quantitative estimate of drug-likeness (QED) is 0.222. The topological polar surface area (TPSA) is 40.0 Å². The fourth-order valence-corrected chi connectivity index (χ4v) is 3.25. The number of aryl methyl sites for hydroxylation is 2. The van der Waals surface area contributed by atoms with Gasteiger partial charge >= 0.3 is 0 Å². The van der Waals surface area contributed by atoms with Gasteiger partial charge in [0, 0.05) is 5.75 Å². The normalized spacial score (nSPS) is 11.8. The monoisotopic (exact) mass is 365 g/mol. The highest BCUT2D eigenvalue weighted by atomic mass is 32.2. The minimum Gasteiger partial charge on any atom is -0.493 e. The molecule has 0 aromatic heterocycles. The average molecular weight is 366 g/mol. The number of hydrogen-bond donors (Lipinski definition) is 0. The van der Waals surface area contributed by atoms with Gasteiger partial charge in [-0.15, -0.1) is 0 Å². The Balaban J connectivity index is 2.31. The lowest BCUT2D eigenvalue weighted by molar-refractivity contribution is 0.213. The van der Waals surface area contributed by atoms with E-state index in [0.717, 1.165) is 59.3 Å². The lowest BCUT2D eigenvalue weighted by Crippen LogP contribution is -2.03. The van der Waals surface area contributed by atoms with Crippen LogP contribution in [-0.4, -0.2) is 37.5 Å². The summed E-state index contributed by atoms with van der Waals surface area (Å²) < 4.78 is 11.7. The highest BCUT2D eigenvalue weighted by Gasteiger charge is 2.07. The number of hydrogen-bond acceptors (Lipinski definition) is 5. The molecule has 0 heterocycles. The maximum Gasteiger partial charge on any atom is 0.125 e. The first kappa shape index (κ1) is 21.4. The first-order valence-electron chi connectivity index (χ1n) is 8.70. The number of benzene rings is 1. The van der Waals surface area contributed by atoms with E-state index in [9.17, 15) is 0 Å². The number of oxime groups is 1. The van der Waals surface area contributed by atoms with Crippen LogP contribution in [0.3, 0.4) is 0 Å². The van der Waals surface area contributed by atoms with E-state index < -0.39 is 0 Å². The average Bonchev–Trinajstić information content (AvgIpc) is 2.56. The van der Waals surface area contributed by atoms with Crippen LogP contribution in [0, 0.1) is 13.8 Å². The minimum absolute atomic E-state index is 0.599. The Morgan fingerprint density at radius 1 is 1.16 bits per heavy atom. The molecule has 0 aliphatic carbocycles. The van der Waals surface area contributed by atoms with Crippen molar-refractivity contribution in [3.8, 4) is 11.5 Å². The number of nitrogens with zero attached hydrogens (tertiary/aromatic N) is 1. The Labute approximate surface area is 156 Å². The standard InChI is InChI=1S/C20H31NO3S/c1-6-7-10-23-19-13-16(2)20(17(3)14-19)24-11-8-9-12-25-15-18(4)21-22-5/h6-7,13-14H,8-12,15H2,1-5H3/b7-6+,21-18+. The largest absolute Gasteiger partial charge is 0.493 e. The summed E-state index contributed by atoms with van der Waals surface area (Å²) >= 11 is 1.88. The summed E-state index contributed by atoms with van der Waals surface area (Å²) in [6, 6.07) is 4.08. The van der Waals surface area contributed by atoms with Crippen LogP contribution in [0.15, 0.2) is 29.4 Å². The van der Waals surface area contributed by atoms with Crippen LogP contribution in [0.5, 0.6) is 11.5 Å². The zero-order valence-electron chi connectivity index (χ0n) is 16.1. The number of rotatable bonds is 12. The summed E-state index contributed by atoms with van der Waals surface area (Å²) in [6.45, 7) is 9.45. The summed E-state index contributed by atoms with van der Waals surface area (Å²) in [4.78, 5) is 4.75. The molecule has 0 saturated carbocycles. The van der Waals surface area contributed by atoms with Crippen LogP contribution in [-0.2, 0) is 4.84 Å². The first-order chi connectivity index (χ1) is 12.1. The molecule has 0 N–H and O–H groups in total. The first-order valence-corrected chi connectivity index (χ1v) is 9.86. The van der Waals surface area contributed by atoms with Crippen LogP contribution in [0.1, 0.15) is 37.8 Å². The predicted octanol–water partition coefficient (Wildman–Crippen LogP) is 5.17. The molecule has 0 atom stereocenters. The number of thioether (sulfide) groups is 1. The molecule has 0 aliphatic rings. The van der Waals surface area contributed by atoms with Gasteiger partial charge in [-0.3, -0.25) is 0 Å². The van der Waals surface area contributed by atoms with Gasteiger partial charge in [0.15, 0.2) is 0 Å². The molecule has 140 valence electrons. The molecule has 1 aromatic carbocycles. The highest BCUT2D eigenvalue weighted by Crippen LogP contribution is 2.28. The van der Waals surface area contributed by atoms with Gasteiger partial charge in [0.05, 0.1) is 12.3 Å². The molecule has 0 saturated heterocycles. The number of allylic oxidation sites excluding steroid dienone is 1. The van der Waals surface area contributed by atoms with Crippen molar-refractivity contribution in [1.29, 1.82) is 0 Å². The molecule has 1 rings (SSSR count). The van der Waals surface area contributed by atoms with Gasteiger partial charge in [-0.25, -0.2) is 0 Å². The van der Waals surface area contributed by atoms with E-state index >= 15 is 0 Å². The second-order valence-electron chi connectivity index (χ2n) is 5.88. The van der Waals surface area contributed by atoms with Gasteiger partial charge in [0.1, 0.15) is 25.2 Å². The molecule has 0 aliphatic heterocycles. The van der Waals surface area contributed by atoms with E-state index in [1.807, 2.05) is 49.9 Å². The van der Waals surface area contributed by atoms with Crippen molar-refractivity contribution in [2.75, 3.05) is 31.8 Å². The van der Waals surface area contributed by atoms with Gasteiger partial charge in [0.25, 0.3) is 0 Å². The number of ether oxygens (including phenoxy) is 2. The van der Waals surface area contributed by atoms with Gasteiger partial charge < -0.3 is 14.3 Å². The summed E-state index contributed by atoms with van der Waals surface area (Å²) in [5.74, 6) is 3.90. The van der Waals surface area contributed by atoms with Crippen molar-refractivity contribution >= 4 is 17.5 Å². The number of unbranched alkanes of at least 4 members (excludes halogenated alkanes) is 1. The molecule has 0 spiro atoms. The Bertz CT molecular complexity index is 547. The summed E-state index contributed by atoms with van der Waals surface area (Å²) in [6.07, 6.45) is 6.16. The van der Waals surface area contributed by atoms with Crippen LogP contribution in [0.4, 0.5) is 0 Å². The van der Waals surface area contributed by atoms with Gasteiger partial charge in [-0.1, -0.05) is 17.3 Å². The molecule has 5 heteroatoms. The Morgan fingerprint density at radius 3 is 2.52 bits per heavy atom. The fourth-order valence-electron chi connectivity index (χ4n) is 2.34. The lowest BCUT2D eigenvalue weighted by Gasteiger charge is -2.14. The molecule has 0 amide bonds. The van der Waals surface area contributed by atoms with Gasteiger partial charge in [-0.2, -0.15) is 11.8 Å². The smallest absolute Gasteiger partial charge is 0.125 e. The lowest BCUT2D eigenvalue weighted by atomic mass is 10.1. The van der Waals surface area contributed by atoms with Gasteiger partial charge in [-0.05, 0) is 69.5 Å². The zero-order valence-corrected chi connectivity index (χ0v) is 16.9. The van der Waals surface area contributed by atoms with Crippen molar-refractivity contribution in [2.24, 2.45) is 5.16 Å². The van der Waals surface area contributed by atoms with E-state index in [0.29, 0.717) is 6.61 Å². The Hall–Kier alpha value is -1.62. The molecule has 0 unspecified atom stereocenters. The van der Waals surface area contributed by atoms with Crippen LogP contribution >= 0.6 is 11.8 Å². The highest BCUT2D eigenvalue weighted by molar-refractivity contribution is 7.99. The fraction of sp³-hybridized carbons (Fsp3) is 0.550. The van der Waals surface area contributed by atoms with Crippen LogP contribution < -0.4 is 9.47 Å². The van der Waals surface area contributed by atoms with Gasteiger partial charge in [0.2, 0.25) is 0 Å². The van der Waals surface area contributed by atoms with Crippen molar-refractivity contribution < 1.29 is 14.3 Å². The third kappa shape index (κ3) is 8.87. The molecule has 1 aromatic rings.